The summed E-state index contributed by atoms with van der Waals surface area (Å²) in [6.45, 7) is 0.156. The molecule has 1 N–H and O–H groups in total. The number of furan rings is 1. The van der Waals surface area contributed by atoms with E-state index in [1.165, 1.54) is 6.21 Å². The zero-order valence-electron chi connectivity index (χ0n) is 13.6. The van der Waals surface area contributed by atoms with Gasteiger partial charge in [0.2, 0.25) is 0 Å². The van der Waals surface area contributed by atoms with Crippen molar-refractivity contribution in [2.75, 3.05) is 6.61 Å². The minimum absolute atomic E-state index is 0.143. The number of hydrazone groups is 1. The van der Waals surface area contributed by atoms with Crippen molar-refractivity contribution in [1.29, 1.82) is 0 Å². The molecule has 0 aliphatic rings. The molecule has 136 valence electrons. The van der Waals surface area contributed by atoms with Gasteiger partial charge in [-0.25, -0.2) is 5.43 Å². The molecule has 0 bridgehead atoms. The van der Waals surface area contributed by atoms with Crippen LogP contribution >= 0.6 is 43.5 Å². The molecule has 1 heterocycles. The molecule has 0 saturated heterocycles. The molecule has 1 amide bonds. The molecule has 0 unspecified atom stereocenters. The smallest absolute Gasteiger partial charge is 0.307 e. The lowest BCUT2D eigenvalue weighted by Gasteiger charge is -2.08. The Labute approximate surface area is 177 Å². The van der Waals surface area contributed by atoms with Crippen molar-refractivity contribution < 1.29 is 13.9 Å². The van der Waals surface area contributed by atoms with E-state index in [0.717, 1.165) is 10.9 Å². The maximum absolute atomic E-state index is 12.2. The number of terminal acetylenes is 1. The van der Waals surface area contributed by atoms with Crippen molar-refractivity contribution in [2.24, 2.45) is 5.10 Å². The molecule has 8 heteroatoms. The average Bonchev–Trinajstić information content (AvgIpc) is 3.04. The molecule has 0 spiro atoms. The van der Waals surface area contributed by atoms with E-state index in [1.807, 2.05) is 0 Å². The van der Waals surface area contributed by atoms with Crippen molar-refractivity contribution in [3.8, 4) is 18.1 Å². The van der Waals surface area contributed by atoms with Gasteiger partial charge in [0.05, 0.1) is 15.2 Å². The van der Waals surface area contributed by atoms with Crippen LogP contribution in [-0.2, 0) is 0 Å². The summed E-state index contributed by atoms with van der Waals surface area (Å²) < 4.78 is 12.3. The number of amides is 1. The van der Waals surface area contributed by atoms with Crippen LogP contribution in [0.3, 0.4) is 0 Å². The predicted octanol–water partition coefficient (Wildman–Crippen LogP) is 5.39. The number of benzene rings is 2. The van der Waals surface area contributed by atoms with E-state index in [0.29, 0.717) is 25.3 Å². The Morgan fingerprint density at radius 2 is 2.04 bits per heavy atom. The van der Waals surface area contributed by atoms with Crippen LogP contribution in [0.25, 0.3) is 11.0 Å². The van der Waals surface area contributed by atoms with E-state index in [-0.39, 0.29) is 12.4 Å². The van der Waals surface area contributed by atoms with Gasteiger partial charge in [0.15, 0.2) is 5.76 Å². The zero-order chi connectivity index (χ0) is 19.4. The Morgan fingerprint density at radius 3 is 2.74 bits per heavy atom. The second-order valence-electron chi connectivity index (χ2n) is 5.30. The highest BCUT2D eigenvalue weighted by Gasteiger charge is 2.12. The fourth-order valence-electron chi connectivity index (χ4n) is 2.25. The molecule has 0 aliphatic heterocycles. The summed E-state index contributed by atoms with van der Waals surface area (Å²) in [6, 6.07) is 10.3. The summed E-state index contributed by atoms with van der Waals surface area (Å²) in [5, 5.41) is 5.27. The molecule has 0 fully saturated rings. The first-order valence-corrected chi connectivity index (χ1v) is 9.52. The van der Waals surface area contributed by atoms with Gasteiger partial charge in [-0.2, -0.15) is 5.10 Å². The first kappa shape index (κ1) is 19.5. The van der Waals surface area contributed by atoms with E-state index in [1.54, 1.807) is 36.4 Å². The second kappa shape index (κ2) is 8.61. The number of carbonyl (C=O) groups is 1. The maximum atomic E-state index is 12.2. The molecule has 1 aromatic heterocycles. The SMILES string of the molecule is C#CCOc1c(Br)cc(/C=N/NC(=O)c2cc3cc(Cl)ccc3o2)cc1Br. The number of hydrogen-bond donors (Lipinski definition) is 1. The zero-order valence-corrected chi connectivity index (χ0v) is 17.6. The maximum Gasteiger partial charge on any atom is 0.307 e. The summed E-state index contributed by atoms with van der Waals surface area (Å²) >= 11 is 12.8. The Morgan fingerprint density at radius 1 is 1.30 bits per heavy atom. The van der Waals surface area contributed by atoms with Crippen molar-refractivity contribution in [3.05, 3.63) is 61.7 Å². The lowest BCUT2D eigenvalue weighted by Crippen LogP contribution is -2.16. The summed E-state index contributed by atoms with van der Waals surface area (Å²) in [5.41, 5.74) is 3.73. The predicted molar refractivity (Wildman–Crippen MR) is 112 cm³/mol. The number of rotatable bonds is 5. The number of hydrogen-bond acceptors (Lipinski definition) is 4. The third kappa shape index (κ3) is 4.72. The Hall–Kier alpha value is -2.27. The fourth-order valence-corrected chi connectivity index (χ4v) is 3.88. The van der Waals surface area contributed by atoms with E-state index < -0.39 is 5.91 Å². The van der Waals surface area contributed by atoms with Crippen LogP contribution in [0.15, 0.2) is 54.9 Å². The van der Waals surface area contributed by atoms with E-state index in [9.17, 15) is 4.79 Å². The van der Waals surface area contributed by atoms with Crippen molar-refractivity contribution in [3.63, 3.8) is 0 Å². The molecule has 2 aromatic carbocycles. The highest BCUT2D eigenvalue weighted by molar-refractivity contribution is 9.11. The first-order chi connectivity index (χ1) is 13.0. The van der Waals surface area contributed by atoms with Crippen LogP contribution < -0.4 is 10.2 Å². The lowest BCUT2D eigenvalue weighted by atomic mass is 10.2. The van der Waals surface area contributed by atoms with E-state index in [4.69, 9.17) is 27.2 Å². The average molecular weight is 511 g/mol. The van der Waals surface area contributed by atoms with Gasteiger partial charge in [-0.15, -0.1) is 6.42 Å². The van der Waals surface area contributed by atoms with Crippen LogP contribution in [-0.4, -0.2) is 18.7 Å². The standard InChI is InChI=1S/C19H11Br2ClN2O3/c1-2-5-26-18-14(20)6-11(7-15(18)21)10-23-24-19(25)17-9-12-8-13(22)3-4-16(12)27-17/h1,3-4,6-10H,5H2,(H,24,25)/b23-10+. The molecule has 0 atom stereocenters. The lowest BCUT2D eigenvalue weighted by molar-refractivity contribution is 0.0929. The van der Waals surface area contributed by atoms with Crippen molar-refractivity contribution >= 4 is 66.6 Å². The first-order valence-electron chi connectivity index (χ1n) is 7.55. The molecule has 3 aromatic rings. The van der Waals surface area contributed by atoms with Crippen LogP contribution in [0, 0.1) is 12.3 Å². The summed E-state index contributed by atoms with van der Waals surface area (Å²) in [7, 11) is 0. The number of halogens is 3. The van der Waals surface area contributed by atoms with Crippen LogP contribution in [0.4, 0.5) is 0 Å². The minimum atomic E-state index is -0.467. The Bertz CT molecular complexity index is 1060. The van der Waals surface area contributed by atoms with Gasteiger partial charge in [-0.1, -0.05) is 17.5 Å². The van der Waals surface area contributed by atoms with Gasteiger partial charge in [0.25, 0.3) is 0 Å². The van der Waals surface area contributed by atoms with Crippen LogP contribution in [0.2, 0.25) is 5.02 Å². The van der Waals surface area contributed by atoms with Gasteiger partial charge < -0.3 is 9.15 Å². The Kier molecular flexibility index (Phi) is 6.22. The number of nitrogens with zero attached hydrogens (tertiary/aromatic N) is 1. The third-order valence-electron chi connectivity index (χ3n) is 3.40. The molecular weight excluding hydrogens is 499 g/mol. The molecular formula is C19H11Br2ClN2O3. The van der Waals surface area contributed by atoms with Crippen molar-refractivity contribution in [1.82, 2.24) is 5.43 Å². The molecule has 0 saturated carbocycles. The second-order valence-corrected chi connectivity index (χ2v) is 7.44. The van der Waals surface area contributed by atoms with E-state index >= 15 is 0 Å². The normalized spacial score (nSPS) is 10.9. The minimum Gasteiger partial charge on any atom is -0.479 e. The van der Waals surface area contributed by atoms with Crippen LogP contribution in [0.5, 0.6) is 5.75 Å². The molecule has 3 rings (SSSR count). The third-order valence-corrected chi connectivity index (χ3v) is 4.82. The molecule has 0 aliphatic carbocycles. The molecule has 27 heavy (non-hydrogen) atoms. The topological polar surface area (TPSA) is 63.8 Å². The number of fused-ring (bicyclic) bond motifs is 1. The Balaban J connectivity index is 1.71. The molecule has 5 nitrogen and oxygen atoms in total. The van der Waals surface area contributed by atoms with Gasteiger partial charge >= 0.3 is 5.91 Å². The molecule has 0 radical (unpaired) electrons. The number of ether oxygens (including phenoxy) is 1. The summed E-state index contributed by atoms with van der Waals surface area (Å²) in [6.07, 6.45) is 6.70. The largest absolute Gasteiger partial charge is 0.479 e. The fraction of sp³-hybridized carbons (Fsp3) is 0.0526. The number of nitrogens with one attached hydrogen (secondary N) is 1. The van der Waals surface area contributed by atoms with E-state index in [2.05, 4.69) is 48.3 Å². The van der Waals surface area contributed by atoms with Crippen molar-refractivity contribution in [2.45, 2.75) is 0 Å². The quantitative estimate of drug-likeness (QED) is 0.285. The summed E-state index contributed by atoms with van der Waals surface area (Å²) in [4.78, 5) is 12.2. The highest BCUT2D eigenvalue weighted by Crippen LogP contribution is 2.34. The summed E-state index contributed by atoms with van der Waals surface area (Å²) in [5.74, 6) is 2.68. The monoisotopic (exact) mass is 508 g/mol. The van der Waals surface area contributed by atoms with Gasteiger partial charge in [-0.3, -0.25) is 4.79 Å². The van der Waals surface area contributed by atoms with Crippen LogP contribution in [0.1, 0.15) is 16.1 Å². The number of carbonyl (C=O) groups excluding carboxylic acids is 1. The van der Waals surface area contributed by atoms with Gasteiger partial charge in [-0.05, 0) is 73.8 Å². The van der Waals surface area contributed by atoms with Gasteiger partial charge in [0, 0.05) is 10.4 Å². The highest BCUT2D eigenvalue weighted by atomic mass is 79.9. The van der Waals surface area contributed by atoms with Gasteiger partial charge in [0.1, 0.15) is 17.9 Å².